The monoisotopic (exact) mass is 440 g/mol. The minimum absolute atomic E-state index is 0.0000598. The van der Waals surface area contributed by atoms with Crippen LogP contribution in [0, 0.1) is 12.7 Å². The number of halogens is 1. The Hall–Kier alpha value is -2.87. The van der Waals surface area contributed by atoms with E-state index in [1.54, 1.807) is 21.9 Å². The first kappa shape index (κ1) is 22.3. The third kappa shape index (κ3) is 4.80. The number of likely N-dealkylation sites (tertiary alicyclic amines) is 1. The summed E-state index contributed by atoms with van der Waals surface area (Å²) in [4.78, 5) is 38.2. The number of ether oxygens (including phenoxy) is 1. The van der Waals surface area contributed by atoms with Crippen LogP contribution in [0.15, 0.2) is 24.3 Å². The van der Waals surface area contributed by atoms with Gasteiger partial charge in [-0.1, -0.05) is 12.1 Å². The number of hydrogen-bond acceptors (Lipinski definition) is 5. The molecule has 0 spiro atoms. The maximum Gasteiger partial charge on any atom is 0.248 e. The molecule has 1 aromatic carbocycles. The summed E-state index contributed by atoms with van der Waals surface area (Å²) in [6, 6.07) is 6.17. The molecule has 7 nitrogen and oxygen atoms in total. The van der Waals surface area contributed by atoms with Crippen molar-refractivity contribution < 1.29 is 18.7 Å². The van der Waals surface area contributed by atoms with Crippen LogP contribution < -0.4 is 4.90 Å². The molecule has 1 fully saturated rings. The number of aromatic nitrogens is 2. The van der Waals surface area contributed by atoms with E-state index in [0.717, 1.165) is 23.2 Å². The van der Waals surface area contributed by atoms with Crippen molar-refractivity contribution in [2.24, 2.45) is 0 Å². The second-order valence-corrected chi connectivity index (χ2v) is 8.76. The fourth-order valence-corrected chi connectivity index (χ4v) is 4.25. The van der Waals surface area contributed by atoms with Crippen LogP contribution in [0.3, 0.4) is 0 Å². The number of benzene rings is 1. The van der Waals surface area contributed by atoms with Gasteiger partial charge in [0.15, 0.2) is 0 Å². The molecule has 1 atom stereocenters. The Bertz CT molecular complexity index is 1010. The molecular weight excluding hydrogens is 411 g/mol. The fraction of sp³-hybridized carbons (Fsp3) is 0.500. The second-order valence-electron chi connectivity index (χ2n) is 8.76. The van der Waals surface area contributed by atoms with Crippen molar-refractivity contribution in [3.8, 4) is 0 Å². The predicted molar refractivity (Wildman–Crippen MR) is 118 cm³/mol. The van der Waals surface area contributed by atoms with Gasteiger partial charge < -0.3 is 9.64 Å². The van der Waals surface area contributed by atoms with Crippen molar-refractivity contribution in [1.29, 1.82) is 0 Å². The Balaban J connectivity index is 1.55. The number of carbonyl (C=O) groups is 2. The molecule has 0 radical (unpaired) electrons. The Kier molecular flexibility index (Phi) is 6.50. The summed E-state index contributed by atoms with van der Waals surface area (Å²) in [7, 11) is 0. The molecule has 0 aliphatic carbocycles. The summed E-state index contributed by atoms with van der Waals surface area (Å²) in [6.07, 6.45) is 1.80. The molecule has 0 bridgehead atoms. The molecule has 2 amide bonds. The number of hydrogen-bond donors (Lipinski definition) is 0. The molecule has 1 aromatic heterocycles. The zero-order valence-corrected chi connectivity index (χ0v) is 18.8. The third-order valence-electron chi connectivity index (χ3n) is 6.06. The molecule has 1 saturated heterocycles. The van der Waals surface area contributed by atoms with Crippen molar-refractivity contribution in [2.75, 3.05) is 24.6 Å². The van der Waals surface area contributed by atoms with Gasteiger partial charge in [0.1, 0.15) is 24.1 Å². The van der Waals surface area contributed by atoms with Crippen LogP contribution in [-0.2, 0) is 27.3 Å². The SMILES string of the molecule is Cc1nc(C2CCN(C(=O)COC(C)C)C2)nc2c1CCC(=O)N2Cc1ccc(F)cc1. The minimum Gasteiger partial charge on any atom is -0.369 e. The van der Waals surface area contributed by atoms with Crippen LogP contribution >= 0.6 is 0 Å². The topological polar surface area (TPSA) is 75.6 Å². The van der Waals surface area contributed by atoms with Crippen molar-refractivity contribution in [3.63, 3.8) is 0 Å². The zero-order valence-electron chi connectivity index (χ0n) is 18.8. The molecule has 0 N–H and O–H groups in total. The highest BCUT2D eigenvalue weighted by atomic mass is 19.1. The first-order valence-corrected chi connectivity index (χ1v) is 11.1. The number of anilines is 1. The molecule has 8 heteroatoms. The van der Waals surface area contributed by atoms with E-state index >= 15 is 0 Å². The molecule has 3 heterocycles. The van der Waals surface area contributed by atoms with Crippen LogP contribution in [0.2, 0.25) is 0 Å². The van der Waals surface area contributed by atoms with E-state index in [1.807, 2.05) is 20.8 Å². The van der Waals surface area contributed by atoms with Crippen molar-refractivity contribution >= 4 is 17.6 Å². The van der Waals surface area contributed by atoms with Crippen molar-refractivity contribution in [1.82, 2.24) is 14.9 Å². The summed E-state index contributed by atoms with van der Waals surface area (Å²) in [5, 5.41) is 0. The maximum atomic E-state index is 13.3. The first-order valence-electron chi connectivity index (χ1n) is 11.1. The number of nitrogens with zero attached hydrogens (tertiary/aromatic N) is 4. The van der Waals surface area contributed by atoms with Crippen LogP contribution in [0.5, 0.6) is 0 Å². The van der Waals surface area contributed by atoms with Gasteiger partial charge in [-0.05, 0) is 51.3 Å². The highest BCUT2D eigenvalue weighted by Gasteiger charge is 2.33. The van der Waals surface area contributed by atoms with Crippen LogP contribution in [0.1, 0.15) is 55.3 Å². The lowest BCUT2D eigenvalue weighted by Crippen LogP contribution is -2.36. The molecule has 4 rings (SSSR count). The van der Waals surface area contributed by atoms with E-state index in [4.69, 9.17) is 14.7 Å². The number of carbonyl (C=O) groups excluding carboxylic acids is 2. The average molecular weight is 441 g/mol. The highest BCUT2D eigenvalue weighted by molar-refractivity contribution is 5.95. The van der Waals surface area contributed by atoms with Gasteiger partial charge in [0.05, 0.1) is 12.6 Å². The lowest BCUT2D eigenvalue weighted by atomic mass is 10.0. The standard InChI is InChI=1S/C24H29FN4O3/c1-15(2)32-14-22(31)28-11-10-18(13-28)23-26-16(3)20-8-9-21(30)29(24(20)27-23)12-17-4-6-19(25)7-5-17/h4-7,15,18H,8-14H2,1-3H3. The Morgan fingerprint density at radius 2 is 1.97 bits per heavy atom. The summed E-state index contributed by atoms with van der Waals surface area (Å²) in [6.45, 7) is 7.36. The van der Waals surface area contributed by atoms with E-state index in [2.05, 4.69) is 0 Å². The van der Waals surface area contributed by atoms with Crippen molar-refractivity contribution in [3.05, 3.63) is 52.7 Å². The van der Waals surface area contributed by atoms with Gasteiger partial charge in [-0.2, -0.15) is 0 Å². The van der Waals surface area contributed by atoms with Gasteiger partial charge in [0, 0.05) is 36.7 Å². The highest BCUT2D eigenvalue weighted by Crippen LogP contribution is 2.33. The molecule has 2 aromatic rings. The lowest BCUT2D eigenvalue weighted by molar-refractivity contribution is -0.136. The molecule has 0 saturated carbocycles. The van der Waals surface area contributed by atoms with E-state index in [9.17, 15) is 14.0 Å². The normalized spacial score (nSPS) is 18.4. The molecular formula is C24H29FN4O3. The molecule has 170 valence electrons. The largest absolute Gasteiger partial charge is 0.369 e. The maximum absolute atomic E-state index is 13.3. The molecule has 1 unspecified atom stereocenters. The average Bonchev–Trinajstić information content (AvgIpc) is 3.26. The minimum atomic E-state index is -0.307. The summed E-state index contributed by atoms with van der Waals surface area (Å²) < 4.78 is 18.7. The van der Waals surface area contributed by atoms with Gasteiger partial charge in [-0.25, -0.2) is 14.4 Å². The summed E-state index contributed by atoms with van der Waals surface area (Å²) >= 11 is 0. The fourth-order valence-electron chi connectivity index (χ4n) is 4.25. The van der Waals surface area contributed by atoms with Crippen LogP contribution in [0.4, 0.5) is 10.2 Å². The van der Waals surface area contributed by atoms with E-state index in [-0.39, 0.29) is 36.3 Å². The first-order chi connectivity index (χ1) is 15.3. The van der Waals surface area contributed by atoms with E-state index in [0.29, 0.717) is 44.1 Å². The smallest absolute Gasteiger partial charge is 0.248 e. The van der Waals surface area contributed by atoms with Crippen LogP contribution in [-0.4, -0.2) is 52.5 Å². The van der Waals surface area contributed by atoms with Gasteiger partial charge >= 0.3 is 0 Å². The molecule has 2 aliphatic rings. The Morgan fingerprint density at radius 1 is 1.22 bits per heavy atom. The van der Waals surface area contributed by atoms with Crippen LogP contribution in [0.25, 0.3) is 0 Å². The number of rotatable bonds is 6. The number of aryl methyl sites for hydroxylation is 1. The quantitative estimate of drug-likeness (QED) is 0.690. The van der Waals surface area contributed by atoms with Gasteiger partial charge in [-0.15, -0.1) is 0 Å². The predicted octanol–water partition coefficient (Wildman–Crippen LogP) is 3.14. The third-order valence-corrected chi connectivity index (χ3v) is 6.06. The van der Waals surface area contributed by atoms with E-state index in [1.165, 1.54) is 12.1 Å². The Labute approximate surface area is 187 Å². The number of amides is 2. The number of fused-ring (bicyclic) bond motifs is 1. The lowest BCUT2D eigenvalue weighted by Gasteiger charge is -2.30. The summed E-state index contributed by atoms with van der Waals surface area (Å²) in [5.74, 6) is 0.996. The van der Waals surface area contributed by atoms with Gasteiger partial charge in [0.25, 0.3) is 0 Å². The van der Waals surface area contributed by atoms with Crippen molar-refractivity contribution in [2.45, 2.75) is 58.6 Å². The second kappa shape index (κ2) is 9.32. The molecule has 2 aliphatic heterocycles. The van der Waals surface area contributed by atoms with E-state index < -0.39 is 0 Å². The molecule has 32 heavy (non-hydrogen) atoms. The zero-order chi connectivity index (χ0) is 22.8. The Morgan fingerprint density at radius 3 is 2.69 bits per heavy atom. The van der Waals surface area contributed by atoms with Gasteiger partial charge in [-0.3, -0.25) is 14.5 Å². The summed E-state index contributed by atoms with van der Waals surface area (Å²) in [5.41, 5.74) is 2.69. The van der Waals surface area contributed by atoms with Gasteiger partial charge in [0.2, 0.25) is 11.8 Å².